The van der Waals surface area contributed by atoms with Crippen molar-refractivity contribution in [3.8, 4) is 0 Å². The Morgan fingerprint density at radius 3 is 3.00 bits per heavy atom. The van der Waals surface area contributed by atoms with Crippen molar-refractivity contribution >= 4 is 11.1 Å². The van der Waals surface area contributed by atoms with E-state index in [1.165, 1.54) is 0 Å². The zero-order valence-corrected chi connectivity index (χ0v) is 14.4. The van der Waals surface area contributed by atoms with Crippen molar-refractivity contribution in [2.45, 2.75) is 45.2 Å². The van der Waals surface area contributed by atoms with Gasteiger partial charge in [0, 0.05) is 19.5 Å². The van der Waals surface area contributed by atoms with E-state index < -0.39 is 0 Å². The highest BCUT2D eigenvalue weighted by Crippen LogP contribution is 2.30. The van der Waals surface area contributed by atoms with Crippen LogP contribution in [0.3, 0.4) is 0 Å². The third kappa shape index (κ3) is 3.11. The van der Waals surface area contributed by atoms with Gasteiger partial charge in [0.1, 0.15) is 0 Å². The van der Waals surface area contributed by atoms with E-state index in [0.29, 0.717) is 18.0 Å². The van der Waals surface area contributed by atoms with Crippen LogP contribution in [-0.2, 0) is 13.0 Å². The number of benzene rings is 1. The quantitative estimate of drug-likeness (QED) is 0.685. The third-order valence-corrected chi connectivity index (χ3v) is 4.85. The largest absolute Gasteiger partial charge is 0.419 e. The van der Waals surface area contributed by atoms with Crippen molar-refractivity contribution in [3.05, 3.63) is 46.5 Å². The summed E-state index contributed by atoms with van der Waals surface area (Å²) < 4.78 is 12.3. The number of fused-ring (bicyclic) bond motifs is 1. The molecule has 25 heavy (non-hydrogen) atoms. The summed E-state index contributed by atoms with van der Waals surface area (Å²) >= 11 is 0. The maximum atomic E-state index is 12.0. The van der Waals surface area contributed by atoms with Gasteiger partial charge < -0.3 is 8.94 Å². The Morgan fingerprint density at radius 2 is 2.16 bits per heavy atom. The number of rotatable bonds is 6. The summed E-state index contributed by atoms with van der Waals surface area (Å²) in [6.07, 6.45) is 3.82. The lowest BCUT2D eigenvalue weighted by atomic mass is 10.2. The Kier molecular flexibility index (Phi) is 4.40. The molecule has 3 aromatic rings. The van der Waals surface area contributed by atoms with Crippen molar-refractivity contribution in [1.29, 1.82) is 0 Å². The van der Waals surface area contributed by atoms with Crippen LogP contribution in [0.1, 0.15) is 43.9 Å². The minimum atomic E-state index is -0.287. The number of aromatic nitrogens is 3. The molecule has 1 fully saturated rings. The van der Waals surface area contributed by atoms with Gasteiger partial charge in [0.05, 0.1) is 11.6 Å². The average Bonchev–Trinajstić information content (AvgIpc) is 3.33. The van der Waals surface area contributed by atoms with E-state index in [0.717, 1.165) is 50.1 Å². The molecular formula is C18H22N4O3. The number of para-hydroxylation sites is 2. The smallest absolute Gasteiger partial charge is 0.408 e. The SMILES string of the molecule is CCc1nc([C@H]2CCCN2CCCn2c(=O)oc3ccccc32)no1. The van der Waals surface area contributed by atoms with Crippen LogP contribution in [0.15, 0.2) is 38.0 Å². The van der Waals surface area contributed by atoms with Crippen LogP contribution in [0.2, 0.25) is 0 Å². The van der Waals surface area contributed by atoms with Crippen LogP contribution in [-0.4, -0.2) is 32.7 Å². The first-order chi connectivity index (χ1) is 12.3. The molecule has 0 amide bonds. The van der Waals surface area contributed by atoms with Gasteiger partial charge in [-0.25, -0.2) is 4.79 Å². The van der Waals surface area contributed by atoms with Crippen LogP contribution in [0, 0.1) is 0 Å². The number of hydrogen-bond acceptors (Lipinski definition) is 6. The Bertz CT molecular complexity index is 910. The topological polar surface area (TPSA) is 77.3 Å². The van der Waals surface area contributed by atoms with Gasteiger partial charge in [-0.2, -0.15) is 4.98 Å². The zero-order valence-electron chi connectivity index (χ0n) is 14.4. The maximum Gasteiger partial charge on any atom is 0.419 e. The van der Waals surface area contributed by atoms with E-state index in [1.54, 1.807) is 4.57 Å². The molecule has 4 rings (SSSR count). The molecule has 0 radical (unpaired) electrons. The maximum absolute atomic E-state index is 12.0. The van der Waals surface area contributed by atoms with Gasteiger partial charge in [0.15, 0.2) is 11.4 Å². The Morgan fingerprint density at radius 1 is 1.28 bits per heavy atom. The molecule has 7 nitrogen and oxygen atoms in total. The molecule has 132 valence electrons. The second kappa shape index (κ2) is 6.84. The molecule has 0 bridgehead atoms. The number of likely N-dealkylation sites (tertiary alicyclic amines) is 1. The fourth-order valence-electron chi connectivity index (χ4n) is 3.59. The summed E-state index contributed by atoms with van der Waals surface area (Å²) in [6.45, 7) is 4.58. The first-order valence-corrected chi connectivity index (χ1v) is 8.91. The molecule has 0 N–H and O–H groups in total. The molecule has 1 aromatic carbocycles. The molecule has 1 aliphatic rings. The first kappa shape index (κ1) is 16.1. The lowest BCUT2D eigenvalue weighted by Gasteiger charge is -2.21. The molecule has 1 saturated heterocycles. The molecule has 0 spiro atoms. The minimum Gasteiger partial charge on any atom is -0.408 e. The van der Waals surface area contributed by atoms with Crippen molar-refractivity contribution < 1.29 is 8.94 Å². The van der Waals surface area contributed by atoms with E-state index in [9.17, 15) is 4.79 Å². The highest BCUT2D eigenvalue weighted by Gasteiger charge is 2.29. The monoisotopic (exact) mass is 342 g/mol. The fourth-order valence-corrected chi connectivity index (χ4v) is 3.59. The van der Waals surface area contributed by atoms with E-state index in [1.807, 2.05) is 31.2 Å². The van der Waals surface area contributed by atoms with E-state index >= 15 is 0 Å². The molecule has 7 heteroatoms. The van der Waals surface area contributed by atoms with Gasteiger partial charge in [-0.05, 0) is 37.9 Å². The number of nitrogens with zero attached hydrogens (tertiary/aromatic N) is 4. The van der Waals surface area contributed by atoms with E-state index in [4.69, 9.17) is 8.94 Å². The lowest BCUT2D eigenvalue weighted by molar-refractivity contribution is 0.235. The number of aryl methyl sites for hydroxylation is 2. The average molecular weight is 342 g/mol. The molecule has 0 aliphatic carbocycles. The lowest BCUT2D eigenvalue weighted by Crippen LogP contribution is -2.27. The second-order valence-electron chi connectivity index (χ2n) is 6.43. The van der Waals surface area contributed by atoms with Crippen molar-refractivity contribution in [2.75, 3.05) is 13.1 Å². The number of hydrogen-bond donors (Lipinski definition) is 0. The minimum absolute atomic E-state index is 0.224. The standard InChI is InChI=1S/C18H22N4O3/c1-2-16-19-17(20-25-16)14-8-5-10-21(14)11-6-12-22-13-7-3-4-9-15(13)24-18(22)23/h3-4,7,9,14H,2,5-6,8,10-12H2,1H3/t14-/m1/s1. The highest BCUT2D eigenvalue weighted by atomic mass is 16.5. The van der Waals surface area contributed by atoms with Crippen molar-refractivity contribution in [1.82, 2.24) is 19.6 Å². The predicted molar refractivity (Wildman–Crippen MR) is 92.3 cm³/mol. The van der Waals surface area contributed by atoms with E-state index in [2.05, 4.69) is 15.0 Å². The third-order valence-electron chi connectivity index (χ3n) is 4.85. The second-order valence-corrected chi connectivity index (χ2v) is 6.43. The fraction of sp³-hybridized carbons (Fsp3) is 0.500. The van der Waals surface area contributed by atoms with Gasteiger partial charge in [-0.1, -0.05) is 24.2 Å². The highest BCUT2D eigenvalue weighted by molar-refractivity contribution is 5.72. The summed E-state index contributed by atoms with van der Waals surface area (Å²) in [7, 11) is 0. The van der Waals surface area contributed by atoms with Gasteiger partial charge in [0.2, 0.25) is 5.89 Å². The van der Waals surface area contributed by atoms with Gasteiger partial charge in [-0.15, -0.1) is 0 Å². The van der Waals surface area contributed by atoms with Gasteiger partial charge in [0.25, 0.3) is 0 Å². The molecule has 0 saturated carbocycles. The van der Waals surface area contributed by atoms with Gasteiger partial charge in [-0.3, -0.25) is 9.47 Å². The number of oxazole rings is 1. The molecular weight excluding hydrogens is 320 g/mol. The first-order valence-electron chi connectivity index (χ1n) is 8.91. The van der Waals surface area contributed by atoms with Crippen LogP contribution in [0.5, 0.6) is 0 Å². The summed E-state index contributed by atoms with van der Waals surface area (Å²) in [5, 5.41) is 4.13. The summed E-state index contributed by atoms with van der Waals surface area (Å²) in [5.74, 6) is 1.20. The predicted octanol–water partition coefficient (Wildman–Crippen LogP) is 2.77. The Balaban J connectivity index is 1.42. The van der Waals surface area contributed by atoms with Gasteiger partial charge >= 0.3 is 5.76 Å². The van der Waals surface area contributed by atoms with Crippen LogP contribution < -0.4 is 5.76 Å². The van der Waals surface area contributed by atoms with Crippen LogP contribution in [0.25, 0.3) is 11.1 Å². The van der Waals surface area contributed by atoms with E-state index in [-0.39, 0.29) is 11.8 Å². The van der Waals surface area contributed by atoms with Crippen molar-refractivity contribution in [3.63, 3.8) is 0 Å². The Hall–Kier alpha value is -2.41. The molecule has 1 aliphatic heterocycles. The molecule has 3 heterocycles. The molecule has 2 aromatic heterocycles. The molecule has 1 atom stereocenters. The normalized spacial score (nSPS) is 18.4. The van der Waals surface area contributed by atoms with Crippen LogP contribution in [0.4, 0.5) is 0 Å². The Labute approximate surface area is 145 Å². The van der Waals surface area contributed by atoms with Crippen molar-refractivity contribution in [2.24, 2.45) is 0 Å². The van der Waals surface area contributed by atoms with Crippen LogP contribution >= 0.6 is 0 Å². The summed E-state index contributed by atoms with van der Waals surface area (Å²) in [6, 6.07) is 7.77. The summed E-state index contributed by atoms with van der Waals surface area (Å²) in [4.78, 5) is 18.9. The summed E-state index contributed by atoms with van der Waals surface area (Å²) in [5.41, 5.74) is 1.50. The molecule has 0 unspecified atom stereocenters. The zero-order chi connectivity index (χ0) is 17.2.